The summed E-state index contributed by atoms with van der Waals surface area (Å²) in [5, 5.41) is 0. The molecule has 0 amide bonds. The molecule has 0 unspecified atom stereocenters. The molecule has 2 aliphatic rings. The molecule has 4 rings (SSSR count). The first-order valence-electron chi connectivity index (χ1n) is 10.0. The first kappa shape index (κ1) is 17.4. The van der Waals surface area contributed by atoms with Gasteiger partial charge in [-0.25, -0.2) is 0 Å². The third-order valence-corrected chi connectivity index (χ3v) is 6.12. The van der Waals surface area contributed by atoms with Crippen molar-refractivity contribution in [1.29, 1.82) is 0 Å². The minimum absolute atomic E-state index is 0.392. The Hall–Kier alpha value is -2.06. The minimum Gasteiger partial charge on any atom is -0.368 e. The molecule has 26 heavy (non-hydrogen) atoms. The van der Waals surface area contributed by atoms with Gasteiger partial charge in [-0.3, -0.25) is 4.90 Å². The predicted molar refractivity (Wildman–Crippen MR) is 111 cm³/mol. The number of aryl methyl sites for hydroxylation is 1. The van der Waals surface area contributed by atoms with Crippen LogP contribution in [-0.4, -0.2) is 30.1 Å². The second kappa shape index (κ2) is 7.28. The maximum atomic E-state index is 3.93. The largest absolute Gasteiger partial charge is 0.368 e. The molecule has 0 bridgehead atoms. The number of allylic oxidation sites excluding steroid dienone is 1. The highest BCUT2D eigenvalue weighted by Gasteiger charge is 2.51. The van der Waals surface area contributed by atoms with Crippen molar-refractivity contribution in [2.24, 2.45) is 0 Å². The highest BCUT2D eigenvalue weighted by atomic mass is 15.3. The summed E-state index contributed by atoms with van der Waals surface area (Å²) in [4.78, 5) is 5.35. The summed E-state index contributed by atoms with van der Waals surface area (Å²) < 4.78 is 0. The Balaban J connectivity index is 1.48. The highest BCUT2D eigenvalue weighted by molar-refractivity contribution is 5.55. The lowest BCUT2D eigenvalue weighted by atomic mass is 10.0. The van der Waals surface area contributed by atoms with Crippen LogP contribution in [-0.2, 0) is 19.4 Å². The van der Waals surface area contributed by atoms with Crippen LogP contribution in [0.15, 0.2) is 61.2 Å². The van der Waals surface area contributed by atoms with Crippen LogP contribution in [0.3, 0.4) is 0 Å². The second-order valence-corrected chi connectivity index (χ2v) is 7.86. The van der Waals surface area contributed by atoms with E-state index in [0.717, 1.165) is 39.0 Å². The summed E-state index contributed by atoms with van der Waals surface area (Å²) >= 11 is 0. The molecule has 2 heteroatoms. The normalized spacial score (nSPS) is 18.9. The number of para-hydroxylation sites is 1. The molecule has 2 fully saturated rings. The van der Waals surface area contributed by atoms with Gasteiger partial charge in [-0.15, -0.1) is 6.58 Å². The van der Waals surface area contributed by atoms with Gasteiger partial charge in [0.25, 0.3) is 0 Å². The van der Waals surface area contributed by atoms with Gasteiger partial charge in [0, 0.05) is 37.4 Å². The van der Waals surface area contributed by atoms with Crippen molar-refractivity contribution in [1.82, 2.24) is 4.90 Å². The van der Waals surface area contributed by atoms with E-state index in [9.17, 15) is 0 Å². The monoisotopic (exact) mass is 346 g/mol. The van der Waals surface area contributed by atoms with Gasteiger partial charge >= 0.3 is 0 Å². The summed E-state index contributed by atoms with van der Waals surface area (Å²) in [5.41, 5.74) is 6.09. The maximum Gasteiger partial charge on any atom is 0.0403 e. The van der Waals surface area contributed by atoms with Crippen LogP contribution in [0.5, 0.6) is 0 Å². The summed E-state index contributed by atoms with van der Waals surface area (Å²) in [6.45, 7) is 10.7. The Bertz CT molecular complexity index is 758. The zero-order valence-corrected chi connectivity index (χ0v) is 16.0. The van der Waals surface area contributed by atoms with Crippen molar-refractivity contribution < 1.29 is 0 Å². The van der Waals surface area contributed by atoms with E-state index in [4.69, 9.17) is 0 Å². The standard InChI is InChI=1S/C24H30N2/c1-3-7-22-8-5-6-9-23(22)25-16-17-26(24(19-25)14-15-24)18-21-12-10-20(4-2)11-13-21/h3,5-6,8-13H,1,4,7,14-19H2,2H3. The van der Waals surface area contributed by atoms with Gasteiger partial charge in [0.05, 0.1) is 0 Å². The first-order valence-corrected chi connectivity index (χ1v) is 10.0. The summed E-state index contributed by atoms with van der Waals surface area (Å²) in [5.74, 6) is 0. The van der Waals surface area contributed by atoms with E-state index < -0.39 is 0 Å². The average Bonchev–Trinajstić information content (AvgIpc) is 3.45. The fraction of sp³-hybridized carbons (Fsp3) is 0.417. The summed E-state index contributed by atoms with van der Waals surface area (Å²) in [6.07, 6.45) is 6.75. The lowest BCUT2D eigenvalue weighted by Gasteiger charge is -2.44. The molecular formula is C24H30N2. The first-order chi connectivity index (χ1) is 12.7. The van der Waals surface area contributed by atoms with Crippen LogP contribution in [0.4, 0.5) is 5.69 Å². The number of piperazine rings is 1. The Morgan fingerprint density at radius 2 is 1.73 bits per heavy atom. The van der Waals surface area contributed by atoms with Crippen molar-refractivity contribution in [3.8, 4) is 0 Å². The molecule has 0 radical (unpaired) electrons. The van der Waals surface area contributed by atoms with E-state index >= 15 is 0 Å². The highest BCUT2D eigenvalue weighted by Crippen LogP contribution is 2.46. The molecule has 0 N–H and O–H groups in total. The van der Waals surface area contributed by atoms with Gasteiger partial charge in [-0.05, 0) is 48.4 Å². The summed E-state index contributed by atoms with van der Waals surface area (Å²) in [7, 11) is 0. The topological polar surface area (TPSA) is 6.48 Å². The molecule has 1 aliphatic heterocycles. The molecule has 0 atom stereocenters. The molecule has 1 spiro atoms. The van der Waals surface area contributed by atoms with E-state index in [2.05, 4.69) is 71.8 Å². The number of hydrogen-bond acceptors (Lipinski definition) is 2. The molecule has 1 aliphatic carbocycles. The van der Waals surface area contributed by atoms with Gasteiger partial charge in [0.15, 0.2) is 0 Å². The SMILES string of the molecule is C=CCc1ccccc1N1CCN(Cc2ccc(CC)cc2)C2(CC2)C1. The molecule has 1 saturated heterocycles. The van der Waals surface area contributed by atoms with E-state index in [-0.39, 0.29) is 0 Å². The van der Waals surface area contributed by atoms with E-state index in [1.165, 1.54) is 35.2 Å². The molecular weight excluding hydrogens is 316 g/mol. The lowest BCUT2D eigenvalue weighted by Crippen LogP contribution is -2.54. The third kappa shape index (κ3) is 3.43. The van der Waals surface area contributed by atoms with Crippen molar-refractivity contribution in [2.45, 2.75) is 44.7 Å². The number of anilines is 1. The molecule has 2 nitrogen and oxygen atoms in total. The number of nitrogens with zero attached hydrogens (tertiary/aromatic N) is 2. The predicted octanol–water partition coefficient (Wildman–Crippen LogP) is 4.83. The van der Waals surface area contributed by atoms with Crippen LogP contribution in [0.2, 0.25) is 0 Å². The van der Waals surface area contributed by atoms with Crippen LogP contribution >= 0.6 is 0 Å². The van der Waals surface area contributed by atoms with Gasteiger partial charge in [-0.2, -0.15) is 0 Å². The van der Waals surface area contributed by atoms with Crippen LogP contribution in [0.1, 0.15) is 36.5 Å². The quantitative estimate of drug-likeness (QED) is 0.691. The van der Waals surface area contributed by atoms with Crippen LogP contribution in [0.25, 0.3) is 0 Å². The third-order valence-electron chi connectivity index (χ3n) is 6.12. The summed E-state index contributed by atoms with van der Waals surface area (Å²) in [6, 6.07) is 18.1. The molecule has 1 saturated carbocycles. The van der Waals surface area contributed by atoms with Gasteiger partial charge in [0.2, 0.25) is 0 Å². The fourth-order valence-electron chi connectivity index (χ4n) is 4.33. The van der Waals surface area contributed by atoms with Crippen molar-refractivity contribution in [3.63, 3.8) is 0 Å². The second-order valence-electron chi connectivity index (χ2n) is 7.86. The zero-order valence-electron chi connectivity index (χ0n) is 16.0. The number of benzene rings is 2. The average molecular weight is 347 g/mol. The Morgan fingerprint density at radius 1 is 1.00 bits per heavy atom. The number of rotatable bonds is 6. The Labute approximate surface area is 158 Å². The minimum atomic E-state index is 0.392. The van der Waals surface area contributed by atoms with Crippen LogP contribution < -0.4 is 4.90 Å². The van der Waals surface area contributed by atoms with E-state index in [1.807, 2.05) is 6.08 Å². The van der Waals surface area contributed by atoms with Crippen molar-refractivity contribution in [2.75, 3.05) is 24.5 Å². The van der Waals surface area contributed by atoms with Crippen molar-refractivity contribution in [3.05, 3.63) is 77.9 Å². The molecule has 1 heterocycles. The van der Waals surface area contributed by atoms with Gasteiger partial charge < -0.3 is 4.90 Å². The van der Waals surface area contributed by atoms with E-state index in [1.54, 1.807) is 0 Å². The molecule has 0 aromatic heterocycles. The molecule has 136 valence electrons. The van der Waals surface area contributed by atoms with Gasteiger partial charge in [0.1, 0.15) is 0 Å². The van der Waals surface area contributed by atoms with E-state index in [0.29, 0.717) is 5.54 Å². The molecule has 2 aromatic carbocycles. The van der Waals surface area contributed by atoms with Crippen LogP contribution in [0, 0.1) is 0 Å². The Morgan fingerprint density at radius 3 is 2.42 bits per heavy atom. The zero-order chi connectivity index (χ0) is 18.0. The molecule has 2 aromatic rings. The fourth-order valence-corrected chi connectivity index (χ4v) is 4.33. The smallest absolute Gasteiger partial charge is 0.0403 e. The number of hydrogen-bond donors (Lipinski definition) is 0. The Kier molecular flexibility index (Phi) is 4.86. The van der Waals surface area contributed by atoms with Gasteiger partial charge in [-0.1, -0.05) is 55.5 Å². The lowest BCUT2D eigenvalue weighted by molar-refractivity contribution is 0.149. The maximum absolute atomic E-state index is 3.93. The van der Waals surface area contributed by atoms with Crippen molar-refractivity contribution >= 4 is 5.69 Å².